The number of alkyl halides is 1. The van der Waals surface area contributed by atoms with E-state index in [1.165, 1.54) is 42.5 Å². The maximum absolute atomic E-state index is 12.7. The Morgan fingerprint density at radius 3 is 2.95 bits per heavy atom. The average molecular weight is 356 g/mol. The largest absolute Gasteiger partial charge is 0.338 e. The summed E-state index contributed by atoms with van der Waals surface area (Å²) in [5.74, 6) is 0.805. The van der Waals surface area contributed by atoms with Gasteiger partial charge in [-0.1, -0.05) is 29.3 Å². The molecule has 2 unspecified atom stereocenters. The lowest BCUT2D eigenvalue weighted by Crippen LogP contribution is -2.43. The molecule has 0 N–H and O–H groups in total. The summed E-state index contributed by atoms with van der Waals surface area (Å²) in [5, 5.41) is 0. The molecule has 4 heteroatoms. The molecule has 1 aromatic rings. The number of halogens is 1. The fraction of sp³-hybridized carbons (Fsp3) is 0.688. The van der Waals surface area contributed by atoms with E-state index in [0.29, 0.717) is 10.7 Å². The second kappa shape index (κ2) is 6.18. The number of nitrogens with zero attached hydrogens (tertiary/aromatic N) is 1. The van der Waals surface area contributed by atoms with Crippen LogP contribution in [0.2, 0.25) is 0 Å². The van der Waals surface area contributed by atoms with Crippen molar-refractivity contribution in [2.24, 2.45) is 5.92 Å². The van der Waals surface area contributed by atoms with E-state index in [1.54, 1.807) is 11.3 Å². The van der Waals surface area contributed by atoms with Crippen molar-refractivity contribution in [1.82, 2.24) is 4.90 Å². The highest BCUT2D eigenvalue weighted by molar-refractivity contribution is 9.09. The summed E-state index contributed by atoms with van der Waals surface area (Å²) < 4.78 is 0. The molecule has 20 heavy (non-hydrogen) atoms. The zero-order chi connectivity index (χ0) is 14.1. The van der Waals surface area contributed by atoms with E-state index < -0.39 is 0 Å². The van der Waals surface area contributed by atoms with Crippen molar-refractivity contribution in [3.05, 3.63) is 21.4 Å². The summed E-state index contributed by atoms with van der Waals surface area (Å²) in [6.45, 7) is 4.00. The normalized spacial score (nSPS) is 27.0. The van der Waals surface area contributed by atoms with Crippen LogP contribution in [0.3, 0.4) is 0 Å². The van der Waals surface area contributed by atoms with Crippen LogP contribution in [-0.2, 0) is 12.8 Å². The number of piperidine rings is 1. The van der Waals surface area contributed by atoms with Gasteiger partial charge in [0.1, 0.15) is 0 Å². The number of fused-ring (bicyclic) bond motifs is 1. The summed E-state index contributed by atoms with van der Waals surface area (Å²) >= 11 is 5.46. The Morgan fingerprint density at radius 1 is 1.35 bits per heavy atom. The van der Waals surface area contributed by atoms with Gasteiger partial charge in [0.2, 0.25) is 0 Å². The van der Waals surface area contributed by atoms with Crippen LogP contribution in [0.25, 0.3) is 0 Å². The van der Waals surface area contributed by atoms with Gasteiger partial charge in [-0.3, -0.25) is 4.79 Å². The van der Waals surface area contributed by atoms with E-state index in [-0.39, 0.29) is 5.91 Å². The molecule has 0 bridgehead atoms. The Bertz CT molecular complexity index is 475. The van der Waals surface area contributed by atoms with E-state index >= 15 is 0 Å². The molecule has 0 radical (unpaired) electrons. The van der Waals surface area contributed by atoms with Crippen LogP contribution < -0.4 is 0 Å². The zero-order valence-electron chi connectivity index (χ0n) is 12.0. The Morgan fingerprint density at radius 2 is 2.15 bits per heavy atom. The minimum absolute atomic E-state index is 0.259. The number of thiophene rings is 1. The molecule has 1 aromatic heterocycles. The number of rotatable bonds is 1. The van der Waals surface area contributed by atoms with Crippen molar-refractivity contribution in [1.29, 1.82) is 0 Å². The van der Waals surface area contributed by atoms with E-state index in [0.717, 1.165) is 24.4 Å². The lowest BCUT2D eigenvalue weighted by Gasteiger charge is -2.34. The number of carbonyl (C=O) groups is 1. The van der Waals surface area contributed by atoms with Crippen molar-refractivity contribution in [2.75, 3.05) is 13.1 Å². The summed E-state index contributed by atoms with van der Waals surface area (Å²) in [7, 11) is 0. The third-order valence-corrected chi connectivity index (χ3v) is 7.13. The maximum atomic E-state index is 12.7. The minimum atomic E-state index is 0.259. The van der Waals surface area contributed by atoms with Crippen LogP contribution in [-0.4, -0.2) is 28.7 Å². The molecule has 0 spiro atoms. The Labute approximate surface area is 133 Å². The van der Waals surface area contributed by atoms with E-state index in [1.807, 2.05) is 4.90 Å². The highest BCUT2D eigenvalue weighted by atomic mass is 79.9. The first-order chi connectivity index (χ1) is 9.65. The molecule has 2 heterocycles. The molecule has 2 aliphatic rings. The van der Waals surface area contributed by atoms with Crippen LogP contribution in [0.5, 0.6) is 0 Å². The molecule has 2 nitrogen and oxygen atoms in total. The van der Waals surface area contributed by atoms with Gasteiger partial charge in [0.15, 0.2) is 0 Å². The first kappa shape index (κ1) is 14.6. The smallest absolute Gasteiger partial charge is 0.263 e. The molecule has 1 saturated heterocycles. The van der Waals surface area contributed by atoms with Crippen LogP contribution in [0.15, 0.2) is 6.07 Å². The molecule has 3 rings (SSSR count). The van der Waals surface area contributed by atoms with Crippen molar-refractivity contribution in [3.63, 3.8) is 0 Å². The molecular weight excluding hydrogens is 334 g/mol. The van der Waals surface area contributed by atoms with Gasteiger partial charge < -0.3 is 4.90 Å². The molecular formula is C16H22BrNOS. The third-order valence-electron chi connectivity index (χ3n) is 4.55. The van der Waals surface area contributed by atoms with Gasteiger partial charge in [0.05, 0.1) is 4.88 Å². The van der Waals surface area contributed by atoms with Gasteiger partial charge >= 0.3 is 0 Å². The Hall–Kier alpha value is -0.350. The quantitative estimate of drug-likeness (QED) is 0.544. The van der Waals surface area contributed by atoms with Crippen molar-refractivity contribution in [3.8, 4) is 0 Å². The monoisotopic (exact) mass is 355 g/mol. The Balaban J connectivity index is 1.74. The number of likely N-dealkylation sites (tertiary alicyclic amines) is 1. The molecule has 1 aliphatic heterocycles. The predicted octanol–water partition coefficient (Wildman–Crippen LogP) is 4.26. The third kappa shape index (κ3) is 2.96. The highest BCUT2D eigenvalue weighted by Gasteiger charge is 2.28. The summed E-state index contributed by atoms with van der Waals surface area (Å²) in [6.07, 6.45) is 7.31. The molecule has 2 atom stereocenters. The van der Waals surface area contributed by atoms with Gasteiger partial charge in [0, 0.05) is 22.8 Å². The number of hydrogen-bond acceptors (Lipinski definition) is 2. The number of carbonyl (C=O) groups excluding carboxylic acids is 1. The molecule has 1 fully saturated rings. The second-order valence-electron chi connectivity index (χ2n) is 6.15. The highest BCUT2D eigenvalue weighted by Crippen LogP contribution is 2.31. The lowest BCUT2D eigenvalue weighted by atomic mass is 10.00. The van der Waals surface area contributed by atoms with Gasteiger partial charge in [-0.25, -0.2) is 0 Å². The summed E-state index contributed by atoms with van der Waals surface area (Å²) in [6, 6.07) is 2.18. The first-order valence-corrected chi connectivity index (χ1v) is 9.43. The molecule has 110 valence electrons. The van der Waals surface area contributed by atoms with Gasteiger partial charge in [0.25, 0.3) is 5.91 Å². The van der Waals surface area contributed by atoms with Crippen LogP contribution in [0, 0.1) is 5.92 Å². The van der Waals surface area contributed by atoms with E-state index in [2.05, 4.69) is 28.9 Å². The standard InChI is InChI=1S/C16H22BrNOS/c1-11-10-18(8-7-13(11)17)16(19)15-9-12-5-3-2-4-6-14(12)20-15/h9,11,13H,2-8,10H2,1H3. The predicted molar refractivity (Wildman–Crippen MR) is 88.0 cm³/mol. The number of amides is 1. The van der Waals surface area contributed by atoms with Gasteiger partial charge in [-0.2, -0.15) is 0 Å². The van der Waals surface area contributed by atoms with Crippen LogP contribution in [0.4, 0.5) is 0 Å². The zero-order valence-corrected chi connectivity index (χ0v) is 14.4. The van der Waals surface area contributed by atoms with Crippen LogP contribution in [0.1, 0.15) is 52.7 Å². The summed E-state index contributed by atoms with van der Waals surface area (Å²) in [4.78, 5) is 17.7. The molecule has 0 saturated carbocycles. The Kier molecular flexibility index (Phi) is 4.51. The number of hydrogen-bond donors (Lipinski definition) is 0. The maximum Gasteiger partial charge on any atom is 0.263 e. The SMILES string of the molecule is CC1CN(C(=O)c2cc3c(s2)CCCCC3)CCC1Br. The fourth-order valence-electron chi connectivity index (χ4n) is 3.23. The van der Waals surface area contributed by atoms with Gasteiger partial charge in [-0.05, 0) is 49.7 Å². The average Bonchev–Trinajstić information content (AvgIpc) is 2.72. The van der Waals surface area contributed by atoms with Crippen molar-refractivity contribution in [2.45, 2.75) is 50.3 Å². The van der Waals surface area contributed by atoms with Crippen molar-refractivity contribution < 1.29 is 4.79 Å². The summed E-state index contributed by atoms with van der Waals surface area (Å²) in [5.41, 5.74) is 1.44. The fourth-order valence-corrected chi connectivity index (χ4v) is 4.82. The molecule has 0 aromatic carbocycles. The topological polar surface area (TPSA) is 20.3 Å². The van der Waals surface area contributed by atoms with Crippen LogP contribution >= 0.6 is 27.3 Å². The first-order valence-electron chi connectivity index (χ1n) is 7.70. The second-order valence-corrected chi connectivity index (χ2v) is 8.47. The molecule has 1 amide bonds. The van der Waals surface area contributed by atoms with E-state index in [9.17, 15) is 4.79 Å². The number of aryl methyl sites for hydroxylation is 2. The van der Waals surface area contributed by atoms with Crippen molar-refractivity contribution >= 4 is 33.2 Å². The van der Waals surface area contributed by atoms with E-state index in [4.69, 9.17) is 0 Å². The molecule has 1 aliphatic carbocycles. The minimum Gasteiger partial charge on any atom is -0.338 e. The lowest BCUT2D eigenvalue weighted by molar-refractivity contribution is 0.0695. The van der Waals surface area contributed by atoms with Gasteiger partial charge in [-0.15, -0.1) is 11.3 Å².